The highest BCUT2D eigenvalue weighted by atomic mass is 16.3. The molecule has 4 heteroatoms. The van der Waals surface area contributed by atoms with E-state index in [0.29, 0.717) is 0 Å². The molecule has 0 fully saturated rings. The zero-order valence-corrected chi connectivity index (χ0v) is 10.6. The minimum atomic E-state index is -0.0626. The predicted octanol–water partition coefficient (Wildman–Crippen LogP) is 2.49. The Bertz CT molecular complexity index is 521. The number of aryl methyl sites for hydroxylation is 1. The van der Waals surface area contributed by atoms with E-state index < -0.39 is 0 Å². The van der Waals surface area contributed by atoms with Gasteiger partial charge in [-0.15, -0.1) is 0 Å². The molecule has 0 spiro atoms. The lowest BCUT2D eigenvalue weighted by Crippen LogP contribution is -2.13. The van der Waals surface area contributed by atoms with Gasteiger partial charge in [0.05, 0.1) is 0 Å². The number of aromatic hydroxyl groups is 1. The summed E-state index contributed by atoms with van der Waals surface area (Å²) in [5.41, 5.74) is 0.890. The summed E-state index contributed by atoms with van der Waals surface area (Å²) in [7, 11) is 1.88. The second-order valence-corrected chi connectivity index (χ2v) is 5.18. The molecule has 0 radical (unpaired) electrons. The fraction of sp³-hybridized carbons (Fsp3) is 0.385. The van der Waals surface area contributed by atoms with E-state index in [2.05, 4.69) is 30.9 Å². The molecule has 0 atom stereocenters. The molecule has 1 heterocycles. The molecule has 0 saturated heterocycles. The van der Waals surface area contributed by atoms with E-state index in [0.717, 1.165) is 17.2 Å². The van der Waals surface area contributed by atoms with Gasteiger partial charge in [-0.25, -0.2) is 9.67 Å². The van der Waals surface area contributed by atoms with Gasteiger partial charge in [-0.05, 0) is 24.3 Å². The normalized spacial score (nSPS) is 11.8. The van der Waals surface area contributed by atoms with Gasteiger partial charge in [-0.1, -0.05) is 20.8 Å². The van der Waals surface area contributed by atoms with Crippen molar-refractivity contribution in [2.24, 2.45) is 7.05 Å². The number of phenolic OH excluding ortho intramolecular Hbond substituents is 1. The van der Waals surface area contributed by atoms with Crippen LogP contribution < -0.4 is 0 Å². The first kappa shape index (κ1) is 11.6. The van der Waals surface area contributed by atoms with Crippen molar-refractivity contribution >= 4 is 0 Å². The van der Waals surface area contributed by atoms with E-state index in [9.17, 15) is 5.11 Å². The lowest BCUT2D eigenvalue weighted by atomic mass is 9.96. The average Bonchev–Trinajstić information content (AvgIpc) is 2.61. The molecular weight excluding hydrogens is 214 g/mol. The Hall–Kier alpha value is -1.84. The van der Waals surface area contributed by atoms with Crippen LogP contribution in [0.1, 0.15) is 26.6 Å². The maximum atomic E-state index is 9.26. The first-order valence-electron chi connectivity index (χ1n) is 5.59. The molecule has 17 heavy (non-hydrogen) atoms. The van der Waals surface area contributed by atoms with Crippen molar-refractivity contribution in [1.82, 2.24) is 14.8 Å². The molecule has 0 unspecified atom stereocenters. The van der Waals surface area contributed by atoms with E-state index >= 15 is 0 Å². The van der Waals surface area contributed by atoms with Crippen LogP contribution >= 0.6 is 0 Å². The zero-order chi connectivity index (χ0) is 12.6. The Morgan fingerprint density at radius 2 is 1.71 bits per heavy atom. The van der Waals surface area contributed by atoms with Crippen LogP contribution in [0.5, 0.6) is 5.75 Å². The summed E-state index contributed by atoms with van der Waals surface area (Å²) in [4.78, 5) is 4.55. The van der Waals surface area contributed by atoms with Gasteiger partial charge in [-0.3, -0.25) is 0 Å². The van der Waals surface area contributed by atoms with Crippen molar-refractivity contribution in [3.8, 4) is 17.1 Å². The average molecular weight is 231 g/mol. The van der Waals surface area contributed by atoms with E-state index in [1.807, 2.05) is 19.2 Å². The topological polar surface area (TPSA) is 50.9 Å². The highest BCUT2D eigenvalue weighted by Crippen LogP contribution is 2.24. The van der Waals surface area contributed by atoms with Crippen molar-refractivity contribution in [3.05, 3.63) is 30.1 Å². The molecule has 1 aromatic heterocycles. The summed E-state index contributed by atoms with van der Waals surface area (Å²) < 4.78 is 1.77. The van der Waals surface area contributed by atoms with Gasteiger partial charge in [0.2, 0.25) is 0 Å². The third-order valence-electron chi connectivity index (χ3n) is 2.56. The van der Waals surface area contributed by atoms with Gasteiger partial charge in [0, 0.05) is 18.0 Å². The number of benzene rings is 1. The molecule has 2 rings (SSSR count). The summed E-state index contributed by atoms with van der Waals surface area (Å²) in [5, 5.41) is 13.7. The summed E-state index contributed by atoms with van der Waals surface area (Å²) in [6.07, 6.45) is 0. The van der Waals surface area contributed by atoms with Crippen LogP contribution in [0.2, 0.25) is 0 Å². The minimum Gasteiger partial charge on any atom is -0.508 e. The molecule has 0 aliphatic carbocycles. The highest BCUT2D eigenvalue weighted by Gasteiger charge is 2.21. The second kappa shape index (κ2) is 3.87. The zero-order valence-electron chi connectivity index (χ0n) is 10.6. The minimum absolute atomic E-state index is 0.0626. The number of nitrogens with zero attached hydrogens (tertiary/aromatic N) is 3. The number of hydrogen-bond donors (Lipinski definition) is 1. The quantitative estimate of drug-likeness (QED) is 0.820. The van der Waals surface area contributed by atoms with Crippen molar-refractivity contribution < 1.29 is 5.11 Å². The van der Waals surface area contributed by atoms with E-state index in [1.165, 1.54) is 0 Å². The summed E-state index contributed by atoms with van der Waals surface area (Å²) in [5.74, 6) is 1.89. The van der Waals surface area contributed by atoms with Gasteiger partial charge in [-0.2, -0.15) is 5.10 Å². The summed E-state index contributed by atoms with van der Waals surface area (Å²) in [6, 6.07) is 6.99. The van der Waals surface area contributed by atoms with Crippen LogP contribution in [0.4, 0.5) is 0 Å². The molecule has 0 bridgehead atoms. The molecular formula is C13H17N3O. The van der Waals surface area contributed by atoms with Crippen LogP contribution in [-0.2, 0) is 12.5 Å². The Kier molecular flexibility index (Phi) is 2.65. The standard InChI is InChI=1S/C13H17N3O/c1-13(2,3)12-14-11(16(4)15-12)9-5-7-10(17)8-6-9/h5-8,17H,1-4H3. The first-order valence-corrected chi connectivity index (χ1v) is 5.59. The number of hydrogen-bond acceptors (Lipinski definition) is 3. The lowest BCUT2D eigenvalue weighted by Gasteiger charge is -2.11. The molecule has 1 aromatic carbocycles. The highest BCUT2D eigenvalue weighted by molar-refractivity contribution is 5.56. The van der Waals surface area contributed by atoms with Crippen molar-refractivity contribution in [3.63, 3.8) is 0 Å². The maximum absolute atomic E-state index is 9.26. The van der Waals surface area contributed by atoms with Crippen LogP contribution in [0.3, 0.4) is 0 Å². The molecule has 4 nitrogen and oxygen atoms in total. The van der Waals surface area contributed by atoms with Crippen LogP contribution in [0, 0.1) is 0 Å². The fourth-order valence-corrected chi connectivity index (χ4v) is 1.56. The molecule has 0 aliphatic heterocycles. The molecule has 1 N–H and O–H groups in total. The van der Waals surface area contributed by atoms with Gasteiger partial charge in [0.25, 0.3) is 0 Å². The van der Waals surface area contributed by atoms with Crippen LogP contribution in [-0.4, -0.2) is 19.9 Å². The third kappa shape index (κ3) is 2.30. The fourth-order valence-electron chi connectivity index (χ4n) is 1.56. The Morgan fingerprint density at radius 3 is 2.18 bits per heavy atom. The van der Waals surface area contributed by atoms with Crippen LogP contribution in [0.25, 0.3) is 11.4 Å². The maximum Gasteiger partial charge on any atom is 0.158 e. The van der Waals surface area contributed by atoms with E-state index in [1.54, 1.807) is 16.8 Å². The number of rotatable bonds is 1. The molecule has 0 saturated carbocycles. The third-order valence-corrected chi connectivity index (χ3v) is 2.56. The Morgan fingerprint density at radius 1 is 1.12 bits per heavy atom. The lowest BCUT2D eigenvalue weighted by molar-refractivity contribution is 0.475. The number of aromatic nitrogens is 3. The first-order chi connectivity index (χ1) is 7.88. The Balaban J connectivity index is 2.46. The monoisotopic (exact) mass is 231 g/mol. The van der Waals surface area contributed by atoms with Crippen molar-refractivity contribution in [2.45, 2.75) is 26.2 Å². The smallest absolute Gasteiger partial charge is 0.158 e. The van der Waals surface area contributed by atoms with Gasteiger partial charge in [0.1, 0.15) is 5.75 Å². The Labute approximate surface area is 101 Å². The van der Waals surface area contributed by atoms with E-state index in [4.69, 9.17) is 0 Å². The molecule has 90 valence electrons. The van der Waals surface area contributed by atoms with Crippen LogP contribution in [0.15, 0.2) is 24.3 Å². The molecule has 0 amide bonds. The van der Waals surface area contributed by atoms with Crippen molar-refractivity contribution in [2.75, 3.05) is 0 Å². The second-order valence-electron chi connectivity index (χ2n) is 5.18. The van der Waals surface area contributed by atoms with E-state index in [-0.39, 0.29) is 11.2 Å². The van der Waals surface area contributed by atoms with Gasteiger partial charge >= 0.3 is 0 Å². The molecule has 0 aliphatic rings. The van der Waals surface area contributed by atoms with Gasteiger partial charge in [0.15, 0.2) is 11.6 Å². The molecule has 2 aromatic rings. The SMILES string of the molecule is Cn1nc(C(C)(C)C)nc1-c1ccc(O)cc1. The van der Waals surface area contributed by atoms with Gasteiger partial charge < -0.3 is 5.11 Å². The predicted molar refractivity (Wildman–Crippen MR) is 66.8 cm³/mol. The summed E-state index contributed by atoms with van der Waals surface area (Å²) in [6.45, 7) is 6.26. The van der Waals surface area contributed by atoms with Crippen molar-refractivity contribution in [1.29, 1.82) is 0 Å². The summed E-state index contributed by atoms with van der Waals surface area (Å²) >= 11 is 0. The number of phenols is 1. The largest absolute Gasteiger partial charge is 0.508 e.